The van der Waals surface area contributed by atoms with E-state index in [0.717, 1.165) is 10.9 Å². The van der Waals surface area contributed by atoms with E-state index in [-0.39, 0.29) is 0 Å². The van der Waals surface area contributed by atoms with Gasteiger partial charge in [0.2, 0.25) is 0 Å². The van der Waals surface area contributed by atoms with E-state index in [9.17, 15) is 0 Å². The molecule has 0 spiro atoms. The molecule has 0 bridgehead atoms. The average molecular weight is 194 g/mol. The summed E-state index contributed by atoms with van der Waals surface area (Å²) in [6, 6.07) is 10.2. The highest BCUT2D eigenvalue weighted by molar-refractivity contribution is 5.87. The second-order valence-corrected chi connectivity index (χ2v) is 3.99. The molecule has 1 aliphatic rings. The fraction of sp³-hybridized carbons (Fsp3) is 0.231. The average Bonchev–Trinajstić information content (AvgIpc) is 3.11. The van der Waals surface area contributed by atoms with Crippen molar-refractivity contribution in [3.05, 3.63) is 41.6 Å². The van der Waals surface area contributed by atoms with Crippen LogP contribution in [0.3, 0.4) is 0 Å². The monoisotopic (exact) mass is 194 g/mol. The maximum atomic E-state index is 8.99. The molecule has 0 saturated heterocycles. The van der Waals surface area contributed by atoms with E-state index >= 15 is 0 Å². The minimum Gasteiger partial charge on any atom is -0.255 e. The van der Waals surface area contributed by atoms with Crippen molar-refractivity contribution in [2.45, 2.75) is 18.8 Å². The standard InChI is InChI=1S/C13H10N2/c14-8-10-5-6-11(9-3-4-9)12-2-1-7-15-13(10)12/h1-2,5-7,9H,3-4H2. The SMILES string of the molecule is N#Cc1ccc(C2CC2)c2cccnc12. The van der Waals surface area contributed by atoms with Crippen molar-refractivity contribution >= 4 is 10.9 Å². The third-order valence-corrected chi connectivity index (χ3v) is 2.94. The van der Waals surface area contributed by atoms with Crippen molar-refractivity contribution in [1.29, 1.82) is 5.26 Å². The summed E-state index contributed by atoms with van der Waals surface area (Å²) in [7, 11) is 0. The Kier molecular flexibility index (Phi) is 1.72. The van der Waals surface area contributed by atoms with Gasteiger partial charge in [-0.3, -0.25) is 4.98 Å². The Morgan fingerprint density at radius 3 is 2.87 bits per heavy atom. The van der Waals surface area contributed by atoms with E-state index in [1.165, 1.54) is 18.4 Å². The highest BCUT2D eigenvalue weighted by Crippen LogP contribution is 2.43. The number of rotatable bonds is 1. The third-order valence-electron chi connectivity index (χ3n) is 2.94. The minimum atomic E-state index is 0.676. The third kappa shape index (κ3) is 1.28. The summed E-state index contributed by atoms with van der Waals surface area (Å²) in [6.07, 6.45) is 4.30. The van der Waals surface area contributed by atoms with Crippen LogP contribution in [0.1, 0.15) is 29.9 Å². The van der Waals surface area contributed by atoms with Gasteiger partial charge in [-0.05, 0) is 36.5 Å². The highest BCUT2D eigenvalue weighted by Gasteiger charge is 2.25. The number of fused-ring (bicyclic) bond motifs is 1. The van der Waals surface area contributed by atoms with Gasteiger partial charge in [0.15, 0.2) is 0 Å². The molecular weight excluding hydrogens is 184 g/mol. The second kappa shape index (κ2) is 3.06. The van der Waals surface area contributed by atoms with Gasteiger partial charge in [-0.15, -0.1) is 0 Å². The lowest BCUT2D eigenvalue weighted by atomic mass is 10.0. The summed E-state index contributed by atoms with van der Waals surface area (Å²) in [5.74, 6) is 0.699. The largest absolute Gasteiger partial charge is 0.255 e. The quantitative estimate of drug-likeness (QED) is 0.699. The molecule has 1 saturated carbocycles. The Labute approximate surface area is 88.2 Å². The first kappa shape index (κ1) is 8.43. The van der Waals surface area contributed by atoms with Crippen LogP contribution in [0.5, 0.6) is 0 Å². The molecule has 1 heterocycles. The number of pyridine rings is 1. The van der Waals surface area contributed by atoms with Crippen LogP contribution in [-0.2, 0) is 0 Å². The van der Waals surface area contributed by atoms with Gasteiger partial charge in [0.05, 0.1) is 11.1 Å². The number of nitrogens with zero attached hydrogens (tertiary/aromatic N) is 2. The number of hydrogen-bond donors (Lipinski definition) is 0. The predicted octanol–water partition coefficient (Wildman–Crippen LogP) is 2.98. The maximum absolute atomic E-state index is 8.99. The van der Waals surface area contributed by atoms with Gasteiger partial charge in [0.25, 0.3) is 0 Å². The van der Waals surface area contributed by atoms with Crippen LogP contribution in [0.15, 0.2) is 30.5 Å². The first-order chi connectivity index (χ1) is 7.40. The van der Waals surface area contributed by atoms with Gasteiger partial charge >= 0.3 is 0 Å². The zero-order valence-electron chi connectivity index (χ0n) is 8.27. The topological polar surface area (TPSA) is 36.7 Å². The zero-order valence-corrected chi connectivity index (χ0v) is 8.27. The molecular formula is C13H10N2. The van der Waals surface area contributed by atoms with Gasteiger partial charge in [-0.2, -0.15) is 5.26 Å². The Morgan fingerprint density at radius 2 is 2.13 bits per heavy atom. The van der Waals surface area contributed by atoms with Gasteiger partial charge in [-0.1, -0.05) is 12.1 Å². The maximum Gasteiger partial charge on any atom is 0.101 e. The smallest absolute Gasteiger partial charge is 0.101 e. The molecule has 2 heteroatoms. The first-order valence-electron chi connectivity index (χ1n) is 5.18. The van der Waals surface area contributed by atoms with E-state index in [1.807, 2.05) is 12.1 Å². The van der Waals surface area contributed by atoms with Crippen LogP contribution in [0, 0.1) is 11.3 Å². The molecule has 3 rings (SSSR count). The molecule has 0 unspecified atom stereocenters. The summed E-state index contributed by atoms with van der Waals surface area (Å²) in [6.45, 7) is 0. The van der Waals surface area contributed by atoms with Crippen LogP contribution >= 0.6 is 0 Å². The molecule has 2 nitrogen and oxygen atoms in total. The van der Waals surface area contributed by atoms with E-state index in [1.54, 1.807) is 6.20 Å². The highest BCUT2D eigenvalue weighted by atomic mass is 14.7. The minimum absolute atomic E-state index is 0.676. The lowest BCUT2D eigenvalue weighted by molar-refractivity contribution is 1.15. The van der Waals surface area contributed by atoms with Gasteiger partial charge in [0.1, 0.15) is 6.07 Å². The Hall–Kier alpha value is -1.88. The molecule has 1 aliphatic carbocycles. The van der Waals surface area contributed by atoms with Crippen LogP contribution in [-0.4, -0.2) is 4.98 Å². The number of benzene rings is 1. The molecule has 0 amide bonds. The second-order valence-electron chi connectivity index (χ2n) is 3.99. The molecule has 1 fully saturated rings. The van der Waals surface area contributed by atoms with Gasteiger partial charge in [0, 0.05) is 11.6 Å². The van der Waals surface area contributed by atoms with Crippen LogP contribution < -0.4 is 0 Å². The molecule has 0 aliphatic heterocycles. The molecule has 0 atom stereocenters. The van der Waals surface area contributed by atoms with Crippen molar-refractivity contribution in [3.8, 4) is 6.07 Å². The Morgan fingerprint density at radius 1 is 1.27 bits per heavy atom. The van der Waals surface area contributed by atoms with E-state index in [0.29, 0.717) is 11.5 Å². The molecule has 1 aromatic carbocycles. The van der Waals surface area contributed by atoms with Crippen LogP contribution in [0.25, 0.3) is 10.9 Å². The fourth-order valence-electron chi connectivity index (χ4n) is 2.04. The van der Waals surface area contributed by atoms with E-state index in [2.05, 4.69) is 23.2 Å². The van der Waals surface area contributed by atoms with Crippen molar-refractivity contribution < 1.29 is 0 Å². The number of aromatic nitrogens is 1. The summed E-state index contributed by atoms with van der Waals surface area (Å²) < 4.78 is 0. The number of hydrogen-bond acceptors (Lipinski definition) is 2. The zero-order chi connectivity index (χ0) is 10.3. The predicted molar refractivity (Wildman–Crippen MR) is 58.4 cm³/mol. The molecule has 1 aromatic heterocycles. The Bertz CT molecular complexity index is 562. The summed E-state index contributed by atoms with van der Waals surface area (Å²) in [5.41, 5.74) is 2.89. The van der Waals surface area contributed by atoms with Crippen LogP contribution in [0.4, 0.5) is 0 Å². The number of nitriles is 1. The van der Waals surface area contributed by atoms with Gasteiger partial charge in [-0.25, -0.2) is 0 Å². The van der Waals surface area contributed by atoms with Crippen molar-refractivity contribution in [3.63, 3.8) is 0 Å². The molecule has 0 N–H and O–H groups in total. The summed E-state index contributed by atoms with van der Waals surface area (Å²) >= 11 is 0. The first-order valence-corrected chi connectivity index (χ1v) is 5.18. The fourth-order valence-corrected chi connectivity index (χ4v) is 2.04. The van der Waals surface area contributed by atoms with Crippen molar-refractivity contribution in [2.24, 2.45) is 0 Å². The van der Waals surface area contributed by atoms with Gasteiger partial charge < -0.3 is 0 Å². The Balaban J connectivity index is 2.36. The molecule has 72 valence electrons. The van der Waals surface area contributed by atoms with E-state index in [4.69, 9.17) is 5.26 Å². The molecule has 0 radical (unpaired) electrons. The van der Waals surface area contributed by atoms with Crippen LogP contribution in [0.2, 0.25) is 0 Å². The lowest BCUT2D eigenvalue weighted by Crippen LogP contribution is -1.89. The lowest BCUT2D eigenvalue weighted by Gasteiger charge is -2.05. The van der Waals surface area contributed by atoms with Crippen molar-refractivity contribution in [1.82, 2.24) is 4.98 Å². The molecule has 15 heavy (non-hydrogen) atoms. The summed E-state index contributed by atoms with van der Waals surface area (Å²) in [5, 5.41) is 10.1. The van der Waals surface area contributed by atoms with E-state index < -0.39 is 0 Å². The summed E-state index contributed by atoms with van der Waals surface area (Å²) in [4.78, 5) is 4.30. The van der Waals surface area contributed by atoms with Crippen molar-refractivity contribution in [2.75, 3.05) is 0 Å². The normalized spacial score (nSPS) is 15.1. The molecule has 2 aromatic rings.